The van der Waals surface area contributed by atoms with E-state index in [1.807, 2.05) is 0 Å². The molecule has 108 valence electrons. The van der Waals surface area contributed by atoms with Crippen LogP contribution < -0.4 is 5.32 Å². The Labute approximate surface area is 115 Å². The molecule has 1 aliphatic rings. The summed E-state index contributed by atoms with van der Waals surface area (Å²) in [5, 5.41) is 3.90. The molecule has 0 radical (unpaired) electrons. The van der Waals surface area contributed by atoms with Crippen molar-refractivity contribution < 1.29 is 0 Å². The first-order chi connectivity index (χ1) is 8.56. The van der Waals surface area contributed by atoms with Gasteiger partial charge in [-0.15, -0.1) is 0 Å². The van der Waals surface area contributed by atoms with Gasteiger partial charge in [0.1, 0.15) is 0 Å². The minimum absolute atomic E-state index is 0.534. The molecule has 1 N–H and O–H groups in total. The summed E-state index contributed by atoms with van der Waals surface area (Å²) in [5.41, 5.74) is 0.534. The highest BCUT2D eigenvalue weighted by atomic mass is 14.9. The van der Waals surface area contributed by atoms with Crippen LogP contribution in [0, 0.1) is 17.3 Å². The Morgan fingerprint density at radius 1 is 1.11 bits per heavy atom. The average molecular weight is 253 g/mol. The van der Waals surface area contributed by atoms with Gasteiger partial charge in [0, 0.05) is 6.04 Å². The molecule has 0 bridgehead atoms. The van der Waals surface area contributed by atoms with Crippen LogP contribution in [0.4, 0.5) is 0 Å². The van der Waals surface area contributed by atoms with Crippen molar-refractivity contribution >= 4 is 0 Å². The lowest BCUT2D eigenvalue weighted by atomic mass is 9.63. The van der Waals surface area contributed by atoms with E-state index in [-0.39, 0.29) is 0 Å². The summed E-state index contributed by atoms with van der Waals surface area (Å²) >= 11 is 0. The van der Waals surface area contributed by atoms with Crippen LogP contribution in [-0.4, -0.2) is 12.6 Å². The van der Waals surface area contributed by atoms with Gasteiger partial charge in [0.05, 0.1) is 0 Å². The Balaban J connectivity index is 2.78. The molecule has 0 spiro atoms. The second-order valence-electron chi connectivity index (χ2n) is 6.90. The summed E-state index contributed by atoms with van der Waals surface area (Å²) in [5.74, 6) is 1.74. The van der Waals surface area contributed by atoms with Gasteiger partial charge in [0.15, 0.2) is 0 Å². The van der Waals surface area contributed by atoms with Crippen molar-refractivity contribution in [2.24, 2.45) is 17.3 Å². The van der Waals surface area contributed by atoms with E-state index in [2.05, 4.69) is 39.9 Å². The second kappa shape index (κ2) is 7.53. The van der Waals surface area contributed by atoms with Crippen LogP contribution in [0.2, 0.25) is 0 Å². The monoisotopic (exact) mass is 253 g/mol. The van der Waals surface area contributed by atoms with E-state index < -0.39 is 0 Å². The van der Waals surface area contributed by atoms with Gasteiger partial charge in [-0.25, -0.2) is 0 Å². The van der Waals surface area contributed by atoms with Gasteiger partial charge in [-0.05, 0) is 43.1 Å². The van der Waals surface area contributed by atoms with Gasteiger partial charge in [0.2, 0.25) is 0 Å². The summed E-state index contributed by atoms with van der Waals surface area (Å²) in [6.07, 6.45) is 9.64. The third-order valence-corrected chi connectivity index (χ3v) is 5.21. The number of hydrogen-bond donors (Lipinski definition) is 1. The van der Waals surface area contributed by atoms with Gasteiger partial charge in [-0.3, -0.25) is 0 Å². The van der Waals surface area contributed by atoms with Crippen molar-refractivity contribution in [3.63, 3.8) is 0 Å². The highest BCUT2D eigenvalue weighted by Gasteiger charge is 2.39. The van der Waals surface area contributed by atoms with E-state index >= 15 is 0 Å². The van der Waals surface area contributed by atoms with E-state index in [0.29, 0.717) is 5.41 Å². The van der Waals surface area contributed by atoms with Gasteiger partial charge < -0.3 is 5.32 Å². The highest BCUT2D eigenvalue weighted by molar-refractivity contribution is 4.93. The van der Waals surface area contributed by atoms with Crippen molar-refractivity contribution in [1.29, 1.82) is 0 Å². The standard InChI is InChI=1S/C17H35N/c1-6-13-18-16(14(7-2)8-3)15-11-9-10-12-17(15,4)5/h14-16,18H,6-13H2,1-5H3. The van der Waals surface area contributed by atoms with Crippen molar-refractivity contribution in [2.75, 3.05) is 6.54 Å². The lowest BCUT2D eigenvalue weighted by Crippen LogP contribution is -2.49. The average Bonchev–Trinajstić information content (AvgIpc) is 2.35. The molecule has 0 heterocycles. The molecular weight excluding hydrogens is 218 g/mol. The van der Waals surface area contributed by atoms with Crippen LogP contribution >= 0.6 is 0 Å². The van der Waals surface area contributed by atoms with Crippen LogP contribution in [0.15, 0.2) is 0 Å². The Morgan fingerprint density at radius 3 is 2.28 bits per heavy atom. The Hall–Kier alpha value is -0.0400. The van der Waals surface area contributed by atoms with Crippen LogP contribution in [0.25, 0.3) is 0 Å². The minimum atomic E-state index is 0.534. The first kappa shape index (κ1) is 16.0. The lowest BCUT2D eigenvalue weighted by molar-refractivity contribution is 0.0706. The molecule has 2 unspecified atom stereocenters. The highest BCUT2D eigenvalue weighted by Crippen LogP contribution is 2.44. The number of rotatable bonds is 7. The third-order valence-electron chi connectivity index (χ3n) is 5.21. The molecule has 0 amide bonds. The van der Waals surface area contributed by atoms with Crippen LogP contribution in [0.1, 0.15) is 79.6 Å². The first-order valence-corrected chi connectivity index (χ1v) is 8.30. The molecular formula is C17H35N. The van der Waals surface area contributed by atoms with E-state index in [1.165, 1.54) is 51.5 Å². The number of nitrogens with one attached hydrogen (secondary N) is 1. The summed E-state index contributed by atoms with van der Waals surface area (Å²) in [7, 11) is 0. The zero-order valence-corrected chi connectivity index (χ0v) is 13.4. The first-order valence-electron chi connectivity index (χ1n) is 8.30. The van der Waals surface area contributed by atoms with Crippen LogP contribution in [0.3, 0.4) is 0 Å². The lowest BCUT2D eigenvalue weighted by Gasteiger charge is -2.46. The van der Waals surface area contributed by atoms with Crippen molar-refractivity contribution in [2.45, 2.75) is 85.6 Å². The zero-order chi connectivity index (χ0) is 13.6. The molecule has 1 aliphatic carbocycles. The Bertz CT molecular complexity index is 218. The van der Waals surface area contributed by atoms with Gasteiger partial charge >= 0.3 is 0 Å². The molecule has 0 aromatic rings. The Morgan fingerprint density at radius 2 is 1.78 bits per heavy atom. The van der Waals surface area contributed by atoms with Crippen LogP contribution in [-0.2, 0) is 0 Å². The molecule has 0 aromatic heterocycles. The zero-order valence-electron chi connectivity index (χ0n) is 13.4. The van der Waals surface area contributed by atoms with Crippen molar-refractivity contribution in [3.8, 4) is 0 Å². The fourth-order valence-corrected chi connectivity index (χ4v) is 3.93. The maximum atomic E-state index is 3.90. The van der Waals surface area contributed by atoms with E-state index in [1.54, 1.807) is 0 Å². The maximum absolute atomic E-state index is 3.90. The maximum Gasteiger partial charge on any atom is 0.0128 e. The predicted molar refractivity (Wildman–Crippen MR) is 81.9 cm³/mol. The molecule has 0 aromatic carbocycles. The summed E-state index contributed by atoms with van der Waals surface area (Å²) < 4.78 is 0. The van der Waals surface area contributed by atoms with E-state index in [0.717, 1.165) is 17.9 Å². The molecule has 0 aliphatic heterocycles. The number of hydrogen-bond acceptors (Lipinski definition) is 1. The molecule has 18 heavy (non-hydrogen) atoms. The third kappa shape index (κ3) is 3.98. The molecule has 1 nitrogen and oxygen atoms in total. The van der Waals surface area contributed by atoms with Gasteiger partial charge in [0.25, 0.3) is 0 Å². The van der Waals surface area contributed by atoms with Crippen molar-refractivity contribution in [3.05, 3.63) is 0 Å². The van der Waals surface area contributed by atoms with Crippen LogP contribution in [0.5, 0.6) is 0 Å². The molecule has 2 atom stereocenters. The summed E-state index contributed by atoms with van der Waals surface area (Å²) in [6, 6.07) is 0.746. The fraction of sp³-hybridized carbons (Fsp3) is 1.00. The molecule has 1 fully saturated rings. The second-order valence-corrected chi connectivity index (χ2v) is 6.90. The summed E-state index contributed by atoms with van der Waals surface area (Å²) in [4.78, 5) is 0. The Kier molecular flexibility index (Phi) is 6.70. The molecule has 0 saturated heterocycles. The fourth-order valence-electron chi connectivity index (χ4n) is 3.93. The summed E-state index contributed by atoms with van der Waals surface area (Å²) in [6.45, 7) is 13.2. The molecule has 1 saturated carbocycles. The smallest absolute Gasteiger partial charge is 0.0128 e. The van der Waals surface area contributed by atoms with Gasteiger partial charge in [-0.1, -0.05) is 60.3 Å². The van der Waals surface area contributed by atoms with Gasteiger partial charge in [-0.2, -0.15) is 0 Å². The molecule has 1 heteroatoms. The van der Waals surface area contributed by atoms with E-state index in [9.17, 15) is 0 Å². The SMILES string of the molecule is CCCNC(C(CC)CC)C1CCCCC1(C)C. The van der Waals surface area contributed by atoms with Crippen molar-refractivity contribution in [1.82, 2.24) is 5.32 Å². The normalized spacial score (nSPS) is 25.3. The van der Waals surface area contributed by atoms with E-state index in [4.69, 9.17) is 0 Å². The molecule has 1 rings (SSSR count). The predicted octanol–water partition coefficient (Wildman–Crippen LogP) is 5.01. The topological polar surface area (TPSA) is 12.0 Å². The largest absolute Gasteiger partial charge is 0.313 e. The minimum Gasteiger partial charge on any atom is -0.313 e. The quantitative estimate of drug-likeness (QED) is 0.672.